The van der Waals surface area contributed by atoms with E-state index in [9.17, 15) is 0 Å². The van der Waals surface area contributed by atoms with Gasteiger partial charge < -0.3 is 19.6 Å². The third-order valence-electron chi connectivity index (χ3n) is 9.35. The lowest BCUT2D eigenvalue weighted by molar-refractivity contribution is 0.506. The van der Waals surface area contributed by atoms with E-state index in [4.69, 9.17) is 0 Å². The summed E-state index contributed by atoms with van der Waals surface area (Å²) in [6.45, 7) is 0. The highest BCUT2D eigenvalue weighted by atomic mass is 15.3. The molecule has 2 atom stereocenters. The minimum absolute atomic E-state index is 0.0292. The average Bonchev–Trinajstić information content (AvgIpc) is 3.53. The molecule has 1 aliphatic rings. The monoisotopic (exact) mass is 538 g/mol. The fourth-order valence-electron chi connectivity index (χ4n) is 7.68. The molecule has 3 aromatic heterocycles. The molecule has 0 saturated heterocycles. The Morgan fingerprint density at radius 2 is 1.00 bits per heavy atom. The Balaban J connectivity index is 1.40. The fraction of sp³-hybridized carbons (Fsp3) is 0.0526. The van der Waals surface area contributed by atoms with Gasteiger partial charge in [0.1, 0.15) is 6.17 Å². The average molecular weight is 539 g/mol. The lowest BCUT2D eigenvalue weighted by Gasteiger charge is -2.38. The van der Waals surface area contributed by atoms with E-state index < -0.39 is 0 Å². The van der Waals surface area contributed by atoms with Crippen LogP contribution in [0.3, 0.4) is 0 Å². The molecule has 42 heavy (non-hydrogen) atoms. The number of hydrogen-bond donors (Lipinski definition) is 2. The molecular weight excluding hydrogens is 512 g/mol. The van der Waals surface area contributed by atoms with Gasteiger partial charge in [-0.2, -0.15) is 0 Å². The smallest absolute Gasteiger partial charge is 0.129 e. The van der Waals surface area contributed by atoms with Crippen LogP contribution in [0.4, 0.5) is 11.4 Å². The predicted octanol–water partition coefficient (Wildman–Crippen LogP) is 9.72. The second-order valence-electron chi connectivity index (χ2n) is 11.5. The van der Waals surface area contributed by atoms with E-state index >= 15 is 0 Å². The number of para-hydroxylation sites is 4. The first-order valence-corrected chi connectivity index (χ1v) is 14.6. The first kappa shape index (κ1) is 22.2. The van der Waals surface area contributed by atoms with E-state index in [-0.39, 0.29) is 12.2 Å². The van der Waals surface area contributed by atoms with Crippen LogP contribution in [0.2, 0.25) is 0 Å². The Labute approximate surface area is 241 Å². The number of aromatic nitrogens is 2. The van der Waals surface area contributed by atoms with Crippen molar-refractivity contribution < 1.29 is 0 Å². The van der Waals surface area contributed by atoms with E-state index in [1.807, 2.05) is 0 Å². The summed E-state index contributed by atoms with van der Waals surface area (Å²) >= 11 is 0. The highest BCUT2D eigenvalue weighted by Crippen LogP contribution is 2.47. The molecule has 0 radical (unpaired) electrons. The van der Waals surface area contributed by atoms with Gasteiger partial charge in [-0.15, -0.1) is 0 Å². The highest BCUT2D eigenvalue weighted by Gasteiger charge is 2.33. The minimum Gasteiger partial charge on any atom is -0.373 e. The molecule has 2 unspecified atom stereocenters. The van der Waals surface area contributed by atoms with Crippen LogP contribution in [0.5, 0.6) is 0 Å². The zero-order chi connectivity index (χ0) is 27.4. The summed E-state index contributed by atoms with van der Waals surface area (Å²) in [4.78, 5) is 0. The Morgan fingerprint density at radius 1 is 0.429 bits per heavy atom. The van der Waals surface area contributed by atoms with Crippen LogP contribution in [-0.4, -0.2) is 8.97 Å². The second-order valence-corrected chi connectivity index (χ2v) is 11.5. The number of rotatable bonds is 2. The molecule has 0 bridgehead atoms. The van der Waals surface area contributed by atoms with E-state index in [0.717, 1.165) is 11.4 Å². The highest BCUT2D eigenvalue weighted by molar-refractivity contribution is 6.30. The van der Waals surface area contributed by atoms with Crippen molar-refractivity contribution in [3.8, 4) is 0 Å². The number of benzene rings is 6. The quantitative estimate of drug-likeness (QED) is 0.230. The fourth-order valence-corrected chi connectivity index (χ4v) is 7.68. The van der Waals surface area contributed by atoms with Crippen LogP contribution in [0.1, 0.15) is 17.8 Å². The van der Waals surface area contributed by atoms with Crippen LogP contribution >= 0.6 is 0 Å². The Morgan fingerprint density at radius 3 is 1.86 bits per heavy atom. The van der Waals surface area contributed by atoms with E-state index in [0.29, 0.717) is 0 Å². The maximum absolute atomic E-state index is 3.96. The van der Waals surface area contributed by atoms with Gasteiger partial charge in [-0.3, -0.25) is 0 Å². The van der Waals surface area contributed by atoms with E-state index in [2.05, 4.69) is 153 Å². The van der Waals surface area contributed by atoms with Gasteiger partial charge in [0.15, 0.2) is 0 Å². The lowest BCUT2D eigenvalue weighted by Crippen LogP contribution is -2.34. The van der Waals surface area contributed by atoms with Crippen LogP contribution in [-0.2, 0) is 0 Å². The summed E-state index contributed by atoms with van der Waals surface area (Å²) in [7, 11) is 0. The van der Waals surface area contributed by atoms with Crippen molar-refractivity contribution >= 4 is 71.3 Å². The summed E-state index contributed by atoms with van der Waals surface area (Å²) in [6.07, 6.45) is -0.0519. The molecule has 0 aliphatic carbocycles. The maximum atomic E-state index is 3.96. The molecule has 4 nitrogen and oxygen atoms in total. The summed E-state index contributed by atoms with van der Waals surface area (Å²) in [6, 6.07) is 48.6. The SMILES string of the molecule is c1ccc(C2Nc3ccccc3NC2n2c3cccc4c5cccc6c7ccccc7n(c7cccc2c7c43)c56)cc1. The normalized spacial score (nSPS) is 17.0. The standard InChI is InChI=1S/C38H26N4/c1-2-11-23(12-3-1)36-38(40-29-18-6-5-17-28(29)39-36)42-31-20-9-14-25-27-16-8-15-26-24-13-4-7-19-30(24)41(37(26)27)32-21-10-22-33(42)35(32)34(25)31/h1-22,36,38-40H. The summed E-state index contributed by atoms with van der Waals surface area (Å²) in [5, 5.41) is 15.6. The van der Waals surface area contributed by atoms with Crippen molar-refractivity contribution in [3.05, 3.63) is 139 Å². The zero-order valence-corrected chi connectivity index (χ0v) is 22.8. The Kier molecular flexibility index (Phi) is 4.26. The van der Waals surface area contributed by atoms with Gasteiger partial charge in [-0.1, -0.05) is 97.1 Å². The first-order valence-electron chi connectivity index (χ1n) is 14.6. The van der Waals surface area contributed by atoms with E-state index in [1.54, 1.807) is 0 Å². The molecule has 4 heterocycles. The number of nitrogens with one attached hydrogen (secondary N) is 2. The van der Waals surface area contributed by atoms with Gasteiger partial charge in [-0.25, -0.2) is 0 Å². The number of nitrogens with zero attached hydrogens (tertiary/aromatic N) is 2. The third-order valence-corrected chi connectivity index (χ3v) is 9.35. The molecule has 0 spiro atoms. The minimum atomic E-state index is -0.0519. The van der Waals surface area contributed by atoms with Gasteiger partial charge in [0.05, 0.1) is 45.0 Å². The molecule has 6 aromatic carbocycles. The molecule has 10 rings (SSSR count). The molecule has 0 amide bonds. The Hall–Kier alpha value is -5.48. The van der Waals surface area contributed by atoms with Crippen molar-refractivity contribution in [2.75, 3.05) is 10.6 Å². The van der Waals surface area contributed by atoms with Crippen molar-refractivity contribution in [3.63, 3.8) is 0 Å². The topological polar surface area (TPSA) is 33.4 Å². The zero-order valence-electron chi connectivity index (χ0n) is 22.8. The number of fused-ring (bicyclic) bond motifs is 6. The largest absolute Gasteiger partial charge is 0.373 e. The van der Waals surface area contributed by atoms with Crippen LogP contribution in [0.25, 0.3) is 59.9 Å². The van der Waals surface area contributed by atoms with Gasteiger partial charge in [-0.05, 0) is 47.3 Å². The van der Waals surface area contributed by atoms with Crippen molar-refractivity contribution in [1.82, 2.24) is 8.97 Å². The summed E-state index contributed by atoms with van der Waals surface area (Å²) in [5.74, 6) is 0. The molecular formula is C38H26N4. The van der Waals surface area contributed by atoms with Gasteiger partial charge >= 0.3 is 0 Å². The lowest BCUT2D eigenvalue weighted by atomic mass is 10.00. The van der Waals surface area contributed by atoms with Gasteiger partial charge in [0.2, 0.25) is 0 Å². The third kappa shape index (κ3) is 2.76. The number of anilines is 2. The molecule has 1 aliphatic heterocycles. The van der Waals surface area contributed by atoms with Crippen LogP contribution in [0, 0.1) is 0 Å². The van der Waals surface area contributed by atoms with Gasteiger partial charge in [0.25, 0.3) is 0 Å². The summed E-state index contributed by atoms with van der Waals surface area (Å²) < 4.78 is 5.04. The van der Waals surface area contributed by atoms with Gasteiger partial charge in [0, 0.05) is 26.9 Å². The number of hydrogen-bond acceptors (Lipinski definition) is 2. The van der Waals surface area contributed by atoms with Crippen LogP contribution in [0.15, 0.2) is 133 Å². The molecule has 198 valence electrons. The van der Waals surface area contributed by atoms with Crippen molar-refractivity contribution in [2.24, 2.45) is 0 Å². The van der Waals surface area contributed by atoms with Crippen molar-refractivity contribution in [2.45, 2.75) is 12.2 Å². The predicted molar refractivity (Wildman–Crippen MR) is 176 cm³/mol. The molecule has 0 saturated carbocycles. The molecule has 0 fully saturated rings. The molecule has 9 aromatic rings. The molecule has 4 heteroatoms. The maximum Gasteiger partial charge on any atom is 0.129 e. The van der Waals surface area contributed by atoms with Crippen LogP contribution < -0.4 is 10.6 Å². The summed E-state index contributed by atoms with van der Waals surface area (Å²) in [5.41, 5.74) is 9.73. The second kappa shape index (κ2) is 8.05. The Bertz CT molecular complexity index is 2480. The first-order chi connectivity index (χ1) is 20.9. The van der Waals surface area contributed by atoms with E-state index in [1.165, 1.54) is 65.5 Å². The molecule has 2 N–H and O–H groups in total. The van der Waals surface area contributed by atoms with Crippen molar-refractivity contribution in [1.29, 1.82) is 0 Å².